The summed E-state index contributed by atoms with van der Waals surface area (Å²) in [5.41, 5.74) is 8.41. The molecular weight excluding hydrogens is 203 g/mol. The van der Waals surface area contributed by atoms with Gasteiger partial charge in [-0.3, -0.25) is 0 Å². The smallest absolute Gasteiger partial charge is 0.148 e. The van der Waals surface area contributed by atoms with Crippen LogP contribution in [-0.2, 0) is 0 Å². The van der Waals surface area contributed by atoms with Crippen LogP contribution < -0.4 is 11.1 Å². The minimum atomic E-state index is -0.347. The van der Waals surface area contributed by atoms with E-state index in [1.165, 1.54) is 6.07 Å². The molecule has 3 heteroatoms. The van der Waals surface area contributed by atoms with Crippen molar-refractivity contribution in [1.29, 1.82) is 0 Å². The van der Waals surface area contributed by atoms with Crippen LogP contribution in [0.15, 0.2) is 42.5 Å². The van der Waals surface area contributed by atoms with E-state index in [1.54, 1.807) is 12.1 Å². The van der Waals surface area contributed by atoms with Crippen LogP contribution >= 0.6 is 0 Å². The van der Waals surface area contributed by atoms with Gasteiger partial charge in [0.15, 0.2) is 0 Å². The number of nitrogen functional groups attached to an aromatic ring is 1. The molecule has 0 bridgehead atoms. The maximum Gasteiger partial charge on any atom is 0.148 e. The third-order valence-corrected chi connectivity index (χ3v) is 2.37. The molecule has 0 atom stereocenters. The topological polar surface area (TPSA) is 38.0 Å². The van der Waals surface area contributed by atoms with E-state index in [0.29, 0.717) is 11.4 Å². The van der Waals surface area contributed by atoms with Gasteiger partial charge in [-0.25, -0.2) is 4.39 Å². The largest absolute Gasteiger partial charge is 0.397 e. The Morgan fingerprint density at radius 1 is 1.06 bits per heavy atom. The third kappa shape index (κ3) is 2.14. The molecule has 0 aliphatic rings. The molecule has 2 aromatic rings. The first-order valence-corrected chi connectivity index (χ1v) is 5.04. The zero-order valence-electron chi connectivity index (χ0n) is 9.00. The standard InChI is InChI=1S/C13H13FN2/c1-9-5-7-10(8-6-9)16-13-11(14)3-2-4-12(13)15/h2-8,16H,15H2,1H3. The van der Waals surface area contributed by atoms with E-state index in [1.807, 2.05) is 31.2 Å². The molecule has 0 aliphatic carbocycles. The van der Waals surface area contributed by atoms with Gasteiger partial charge in [0.2, 0.25) is 0 Å². The number of nitrogens with one attached hydrogen (secondary N) is 1. The van der Waals surface area contributed by atoms with Gasteiger partial charge in [-0.05, 0) is 31.2 Å². The molecule has 0 spiro atoms. The molecule has 0 saturated heterocycles. The van der Waals surface area contributed by atoms with Gasteiger partial charge < -0.3 is 11.1 Å². The van der Waals surface area contributed by atoms with Crippen LogP contribution in [-0.4, -0.2) is 0 Å². The number of benzene rings is 2. The molecule has 0 radical (unpaired) electrons. The summed E-state index contributed by atoms with van der Waals surface area (Å²) in [7, 11) is 0. The highest BCUT2D eigenvalue weighted by Gasteiger charge is 2.05. The third-order valence-electron chi connectivity index (χ3n) is 2.37. The minimum absolute atomic E-state index is 0.325. The first-order valence-electron chi connectivity index (χ1n) is 5.04. The zero-order chi connectivity index (χ0) is 11.5. The molecule has 0 amide bonds. The fourth-order valence-corrected chi connectivity index (χ4v) is 1.45. The first-order chi connectivity index (χ1) is 7.66. The van der Waals surface area contributed by atoms with Crippen molar-refractivity contribution >= 4 is 17.1 Å². The lowest BCUT2D eigenvalue weighted by atomic mass is 10.2. The highest BCUT2D eigenvalue weighted by atomic mass is 19.1. The van der Waals surface area contributed by atoms with Gasteiger partial charge >= 0.3 is 0 Å². The summed E-state index contributed by atoms with van der Waals surface area (Å²) in [5.74, 6) is -0.347. The average Bonchev–Trinajstić information content (AvgIpc) is 2.26. The number of hydrogen-bond acceptors (Lipinski definition) is 2. The Labute approximate surface area is 93.9 Å². The van der Waals surface area contributed by atoms with Crippen LogP contribution in [0, 0.1) is 12.7 Å². The second-order valence-corrected chi connectivity index (χ2v) is 3.70. The molecule has 0 unspecified atom stereocenters. The first kappa shape index (κ1) is 10.5. The van der Waals surface area contributed by atoms with Crippen LogP contribution in [0.5, 0.6) is 0 Å². The molecule has 0 fully saturated rings. The molecule has 2 rings (SSSR count). The summed E-state index contributed by atoms with van der Waals surface area (Å²) in [5, 5.41) is 2.97. The van der Waals surface area contributed by atoms with Gasteiger partial charge in [0.05, 0.1) is 11.4 Å². The Bertz CT molecular complexity index is 472. The van der Waals surface area contributed by atoms with Crippen LogP contribution in [0.2, 0.25) is 0 Å². The van der Waals surface area contributed by atoms with Gasteiger partial charge in [-0.15, -0.1) is 0 Å². The maximum atomic E-state index is 13.5. The number of rotatable bonds is 2. The van der Waals surface area contributed by atoms with E-state index in [0.717, 1.165) is 11.3 Å². The second-order valence-electron chi connectivity index (χ2n) is 3.70. The van der Waals surface area contributed by atoms with Crippen molar-refractivity contribution < 1.29 is 4.39 Å². The molecule has 0 aliphatic heterocycles. The molecule has 2 aromatic carbocycles. The summed E-state index contributed by atoms with van der Waals surface area (Å²) in [4.78, 5) is 0. The number of halogens is 1. The van der Waals surface area contributed by atoms with E-state index in [2.05, 4.69) is 5.32 Å². The Morgan fingerprint density at radius 3 is 2.38 bits per heavy atom. The van der Waals surface area contributed by atoms with E-state index in [4.69, 9.17) is 5.73 Å². The number of anilines is 3. The van der Waals surface area contributed by atoms with Crippen molar-refractivity contribution in [1.82, 2.24) is 0 Å². The van der Waals surface area contributed by atoms with Crippen molar-refractivity contribution in [2.45, 2.75) is 6.92 Å². The van der Waals surface area contributed by atoms with Crippen LogP contribution in [0.3, 0.4) is 0 Å². The van der Waals surface area contributed by atoms with E-state index in [-0.39, 0.29) is 5.82 Å². The Hall–Kier alpha value is -2.03. The minimum Gasteiger partial charge on any atom is -0.397 e. The lowest BCUT2D eigenvalue weighted by molar-refractivity contribution is 0.632. The van der Waals surface area contributed by atoms with E-state index in [9.17, 15) is 4.39 Å². The summed E-state index contributed by atoms with van der Waals surface area (Å²) in [6.07, 6.45) is 0. The highest BCUT2D eigenvalue weighted by Crippen LogP contribution is 2.25. The number of para-hydroxylation sites is 1. The molecule has 0 aromatic heterocycles. The van der Waals surface area contributed by atoms with Crippen LogP contribution in [0.4, 0.5) is 21.5 Å². The molecule has 0 saturated carbocycles. The quantitative estimate of drug-likeness (QED) is 0.754. The predicted octanol–water partition coefficient (Wildman–Crippen LogP) is 3.46. The number of aryl methyl sites for hydroxylation is 1. The van der Waals surface area contributed by atoms with Gasteiger partial charge in [0.1, 0.15) is 5.82 Å². The van der Waals surface area contributed by atoms with Crippen molar-refractivity contribution in [3.63, 3.8) is 0 Å². The SMILES string of the molecule is Cc1ccc(Nc2c(N)cccc2F)cc1. The second kappa shape index (κ2) is 4.23. The van der Waals surface area contributed by atoms with Gasteiger partial charge in [-0.2, -0.15) is 0 Å². The lowest BCUT2D eigenvalue weighted by Crippen LogP contribution is -1.98. The van der Waals surface area contributed by atoms with Crippen molar-refractivity contribution in [3.8, 4) is 0 Å². The van der Waals surface area contributed by atoms with Crippen molar-refractivity contribution in [2.24, 2.45) is 0 Å². The Kier molecular flexibility index (Phi) is 2.77. The summed E-state index contributed by atoms with van der Waals surface area (Å²) >= 11 is 0. The van der Waals surface area contributed by atoms with E-state index >= 15 is 0 Å². The summed E-state index contributed by atoms with van der Waals surface area (Å²) in [6.45, 7) is 2.00. The predicted molar refractivity (Wildman–Crippen MR) is 65.3 cm³/mol. The maximum absolute atomic E-state index is 13.5. The van der Waals surface area contributed by atoms with Gasteiger partial charge in [-0.1, -0.05) is 23.8 Å². The molecular formula is C13H13FN2. The summed E-state index contributed by atoms with van der Waals surface area (Å²) in [6, 6.07) is 12.3. The van der Waals surface area contributed by atoms with Crippen molar-refractivity contribution in [2.75, 3.05) is 11.1 Å². The lowest BCUT2D eigenvalue weighted by Gasteiger charge is -2.10. The normalized spacial score (nSPS) is 10.1. The van der Waals surface area contributed by atoms with E-state index < -0.39 is 0 Å². The van der Waals surface area contributed by atoms with Gasteiger partial charge in [0.25, 0.3) is 0 Å². The monoisotopic (exact) mass is 216 g/mol. The Balaban J connectivity index is 2.30. The molecule has 82 valence electrons. The summed E-state index contributed by atoms with van der Waals surface area (Å²) < 4.78 is 13.5. The Morgan fingerprint density at radius 2 is 1.75 bits per heavy atom. The van der Waals surface area contributed by atoms with Crippen LogP contribution in [0.1, 0.15) is 5.56 Å². The molecule has 0 heterocycles. The fraction of sp³-hybridized carbons (Fsp3) is 0.0769. The molecule has 3 N–H and O–H groups in total. The number of nitrogens with two attached hydrogens (primary N) is 1. The van der Waals surface area contributed by atoms with Crippen LogP contribution in [0.25, 0.3) is 0 Å². The average molecular weight is 216 g/mol. The molecule has 2 nitrogen and oxygen atoms in total. The fourth-order valence-electron chi connectivity index (χ4n) is 1.45. The highest BCUT2D eigenvalue weighted by molar-refractivity contribution is 5.72. The molecule has 16 heavy (non-hydrogen) atoms. The van der Waals surface area contributed by atoms with Gasteiger partial charge in [0, 0.05) is 5.69 Å². The zero-order valence-corrected chi connectivity index (χ0v) is 9.00. The number of hydrogen-bond donors (Lipinski definition) is 2. The van der Waals surface area contributed by atoms with Crippen molar-refractivity contribution in [3.05, 3.63) is 53.8 Å².